The molecule has 1 aliphatic heterocycles. The second-order valence-electron chi connectivity index (χ2n) is 4.85. The first-order valence-corrected chi connectivity index (χ1v) is 7.75. The number of urea groups is 1. The van der Waals surface area contributed by atoms with Gasteiger partial charge in [0.1, 0.15) is 5.01 Å². The molecule has 0 unspecified atom stereocenters. The molecule has 2 rings (SSSR count). The monoisotopic (exact) mass is 297 g/mol. The van der Waals surface area contributed by atoms with Gasteiger partial charge in [-0.15, -0.1) is 11.3 Å². The van der Waals surface area contributed by atoms with Crippen LogP contribution in [0.1, 0.15) is 47.6 Å². The molecule has 0 aliphatic carbocycles. The van der Waals surface area contributed by atoms with Gasteiger partial charge in [-0.2, -0.15) is 0 Å². The topological polar surface area (TPSA) is 82.5 Å². The van der Waals surface area contributed by atoms with E-state index in [1.54, 1.807) is 0 Å². The molecule has 110 valence electrons. The van der Waals surface area contributed by atoms with Crippen LogP contribution in [-0.2, 0) is 6.54 Å². The van der Waals surface area contributed by atoms with Crippen LogP contribution in [0.15, 0.2) is 5.38 Å². The lowest BCUT2D eigenvalue weighted by Gasteiger charge is -2.24. The van der Waals surface area contributed by atoms with Crippen molar-refractivity contribution in [1.29, 1.82) is 0 Å². The van der Waals surface area contributed by atoms with Gasteiger partial charge in [-0.3, -0.25) is 0 Å². The van der Waals surface area contributed by atoms with Crippen molar-refractivity contribution in [1.82, 2.24) is 15.2 Å². The fraction of sp³-hybridized carbons (Fsp3) is 0.615. The van der Waals surface area contributed by atoms with Gasteiger partial charge in [-0.25, -0.2) is 14.6 Å². The van der Waals surface area contributed by atoms with E-state index in [0.717, 1.165) is 25.9 Å². The quantitative estimate of drug-likeness (QED) is 0.897. The van der Waals surface area contributed by atoms with Gasteiger partial charge in [-0.05, 0) is 12.8 Å². The summed E-state index contributed by atoms with van der Waals surface area (Å²) >= 11 is 1.25. The van der Waals surface area contributed by atoms with E-state index < -0.39 is 5.97 Å². The summed E-state index contributed by atoms with van der Waals surface area (Å²) in [6.07, 6.45) is 5.71. The molecule has 1 aromatic heterocycles. The minimum atomic E-state index is -1.04. The zero-order valence-electron chi connectivity index (χ0n) is 11.3. The maximum absolute atomic E-state index is 12.1. The summed E-state index contributed by atoms with van der Waals surface area (Å²) in [5, 5.41) is 13.7. The number of carbonyl (C=O) groups excluding carboxylic acids is 1. The van der Waals surface area contributed by atoms with Crippen molar-refractivity contribution in [2.24, 2.45) is 0 Å². The molecular formula is C13H19N3O3S. The minimum Gasteiger partial charge on any atom is -0.476 e. The standard InChI is InChI=1S/C13H19N3O3S/c17-12(18)10-9-20-11(15-10)8-14-13(19)16-6-4-2-1-3-5-7-16/h9H,1-8H2,(H,14,19)(H,17,18). The van der Waals surface area contributed by atoms with Gasteiger partial charge in [0, 0.05) is 18.5 Å². The van der Waals surface area contributed by atoms with Crippen molar-refractivity contribution in [2.45, 2.75) is 38.6 Å². The van der Waals surface area contributed by atoms with Crippen LogP contribution in [0.3, 0.4) is 0 Å². The van der Waals surface area contributed by atoms with E-state index >= 15 is 0 Å². The Morgan fingerprint density at radius 2 is 1.90 bits per heavy atom. The predicted octanol–water partition coefficient (Wildman–Crippen LogP) is 2.32. The third kappa shape index (κ3) is 4.19. The van der Waals surface area contributed by atoms with Crippen molar-refractivity contribution in [3.63, 3.8) is 0 Å². The first-order chi connectivity index (χ1) is 9.66. The number of aromatic nitrogens is 1. The van der Waals surface area contributed by atoms with Gasteiger partial charge >= 0.3 is 12.0 Å². The maximum atomic E-state index is 12.1. The van der Waals surface area contributed by atoms with Crippen LogP contribution in [0, 0.1) is 0 Å². The summed E-state index contributed by atoms with van der Waals surface area (Å²) in [6, 6.07) is -0.0843. The van der Waals surface area contributed by atoms with E-state index in [9.17, 15) is 9.59 Å². The Kier molecular flexibility index (Phi) is 5.34. The lowest BCUT2D eigenvalue weighted by atomic mass is 10.1. The summed E-state index contributed by atoms with van der Waals surface area (Å²) in [5.41, 5.74) is 0.0329. The van der Waals surface area contributed by atoms with E-state index in [4.69, 9.17) is 5.11 Å². The van der Waals surface area contributed by atoms with Gasteiger partial charge in [-0.1, -0.05) is 19.3 Å². The van der Waals surface area contributed by atoms with E-state index in [-0.39, 0.29) is 18.3 Å². The first-order valence-electron chi connectivity index (χ1n) is 6.87. The number of thiazole rings is 1. The number of nitrogens with one attached hydrogen (secondary N) is 1. The minimum absolute atomic E-state index is 0.0329. The SMILES string of the molecule is O=C(O)c1csc(CNC(=O)N2CCCCCCC2)n1. The molecule has 7 heteroatoms. The normalized spacial score (nSPS) is 16.3. The summed E-state index contributed by atoms with van der Waals surface area (Å²) < 4.78 is 0. The maximum Gasteiger partial charge on any atom is 0.355 e. The number of hydrogen-bond acceptors (Lipinski definition) is 4. The number of carboxylic acids is 1. The molecule has 0 atom stereocenters. The van der Waals surface area contributed by atoms with Crippen molar-refractivity contribution in [3.8, 4) is 0 Å². The molecule has 0 aromatic carbocycles. The van der Waals surface area contributed by atoms with E-state index in [2.05, 4.69) is 10.3 Å². The Labute approximate surface area is 121 Å². The summed E-state index contributed by atoms with van der Waals surface area (Å²) in [4.78, 5) is 28.6. The van der Waals surface area contributed by atoms with Crippen LogP contribution in [0.4, 0.5) is 4.79 Å². The van der Waals surface area contributed by atoms with E-state index in [1.165, 1.54) is 36.0 Å². The zero-order chi connectivity index (χ0) is 14.4. The molecule has 0 spiro atoms. The van der Waals surface area contributed by atoms with Crippen molar-refractivity contribution in [3.05, 3.63) is 16.1 Å². The number of hydrogen-bond donors (Lipinski definition) is 2. The third-order valence-electron chi connectivity index (χ3n) is 3.30. The Morgan fingerprint density at radius 1 is 1.25 bits per heavy atom. The molecule has 1 aliphatic rings. The smallest absolute Gasteiger partial charge is 0.355 e. The van der Waals surface area contributed by atoms with Gasteiger partial charge < -0.3 is 15.3 Å². The second-order valence-corrected chi connectivity index (χ2v) is 5.79. The number of nitrogens with zero attached hydrogens (tertiary/aromatic N) is 2. The molecule has 1 saturated heterocycles. The van der Waals surface area contributed by atoms with Crippen LogP contribution >= 0.6 is 11.3 Å². The molecule has 0 saturated carbocycles. The molecule has 0 radical (unpaired) electrons. The third-order valence-corrected chi connectivity index (χ3v) is 4.15. The van der Waals surface area contributed by atoms with Crippen LogP contribution in [0.5, 0.6) is 0 Å². The van der Waals surface area contributed by atoms with Crippen LogP contribution in [0.2, 0.25) is 0 Å². The highest BCUT2D eigenvalue weighted by Crippen LogP contribution is 2.12. The molecule has 2 N–H and O–H groups in total. The van der Waals surface area contributed by atoms with Crippen LogP contribution in [0.25, 0.3) is 0 Å². The number of aromatic carboxylic acids is 1. The Morgan fingerprint density at radius 3 is 2.50 bits per heavy atom. The van der Waals surface area contributed by atoms with Crippen molar-refractivity contribution >= 4 is 23.3 Å². The first kappa shape index (κ1) is 14.8. The fourth-order valence-electron chi connectivity index (χ4n) is 2.20. The largest absolute Gasteiger partial charge is 0.476 e. The second kappa shape index (κ2) is 7.23. The lowest BCUT2D eigenvalue weighted by molar-refractivity contribution is 0.0691. The van der Waals surface area contributed by atoms with Crippen LogP contribution < -0.4 is 5.32 Å². The van der Waals surface area contributed by atoms with Crippen molar-refractivity contribution in [2.75, 3.05) is 13.1 Å². The molecule has 2 heterocycles. The Bertz CT molecular complexity index is 467. The van der Waals surface area contributed by atoms with Gasteiger partial charge in [0.15, 0.2) is 5.69 Å². The molecule has 0 bridgehead atoms. The van der Waals surface area contributed by atoms with Crippen molar-refractivity contribution < 1.29 is 14.7 Å². The van der Waals surface area contributed by atoms with Gasteiger partial charge in [0.05, 0.1) is 6.54 Å². The number of carboxylic acid groups (broad SMARTS) is 1. The number of rotatable bonds is 3. The molecule has 2 amide bonds. The highest BCUT2D eigenvalue weighted by Gasteiger charge is 2.15. The van der Waals surface area contributed by atoms with Crippen LogP contribution in [-0.4, -0.2) is 40.1 Å². The number of carbonyl (C=O) groups is 2. The summed E-state index contributed by atoms with van der Waals surface area (Å²) in [6.45, 7) is 1.88. The average molecular weight is 297 g/mol. The predicted molar refractivity (Wildman–Crippen MR) is 76.0 cm³/mol. The number of likely N-dealkylation sites (tertiary alicyclic amines) is 1. The zero-order valence-corrected chi connectivity index (χ0v) is 12.1. The molecule has 20 heavy (non-hydrogen) atoms. The molecule has 1 fully saturated rings. The highest BCUT2D eigenvalue weighted by molar-refractivity contribution is 7.09. The Hall–Kier alpha value is -1.63. The summed E-state index contributed by atoms with van der Waals surface area (Å²) in [7, 11) is 0. The fourth-order valence-corrected chi connectivity index (χ4v) is 2.91. The molecular weight excluding hydrogens is 278 g/mol. The molecule has 6 nitrogen and oxygen atoms in total. The van der Waals surface area contributed by atoms with Gasteiger partial charge in [0.25, 0.3) is 0 Å². The summed E-state index contributed by atoms with van der Waals surface area (Å²) in [5.74, 6) is -1.04. The van der Waals surface area contributed by atoms with E-state index in [0.29, 0.717) is 5.01 Å². The average Bonchev–Trinajstić information content (AvgIpc) is 2.84. The molecule has 1 aromatic rings. The Balaban J connectivity index is 1.82. The number of amides is 2. The van der Waals surface area contributed by atoms with Gasteiger partial charge in [0.2, 0.25) is 0 Å². The lowest BCUT2D eigenvalue weighted by Crippen LogP contribution is -2.41. The highest BCUT2D eigenvalue weighted by atomic mass is 32.1. The van der Waals surface area contributed by atoms with E-state index in [1.807, 2.05) is 4.90 Å².